The van der Waals surface area contributed by atoms with Crippen LogP contribution in [0.3, 0.4) is 0 Å². The van der Waals surface area contributed by atoms with Gasteiger partial charge in [0.1, 0.15) is 0 Å². The van der Waals surface area contributed by atoms with Crippen molar-refractivity contribution in [2.45, 2.75) is 31.4 Å². The number of hydrogen-bond donors (Lipinski definition) is 0. The minimum absolute atomic E-state index is 0.713. The molecule has 0 radical (unpaired) electrons. The Labute approximate surface area is 68.1 Å². The van der Waals surface area contributed by atoms with Crippen LogP contribution in [0.5, 0.6) is 0 Å². The molecule has 0 aromatic heterocycles. The molecule has 0 amide bonds. The monoisotopic (exact) mass is 156 g/mol. The van der Waals surface area contributed by atoms with E-state index in [-0.39, 0.29) is 0 Å². The number of hydrogen-bond acceptors (Lipinski definition) is 1. The van der Waals surface area contributed by atoms with E-state index in [1.54, 1.807) is 0 Å². The second-order valence-corrected chi connectivity index (χ2v) is 4.35. The zero-order valence-corrected chi connectivity index (χ0v) is 7.49. The average molecular weight is 156 g/mol. The molecular weight excluding hydrogens is 140 g/mol. The van der Waals surface area contributed by atoms with E-state index >= 15 is 0 Å². The molecule has 1 saturated heterocycles. The fourth-order valence-electron chi connectivity index (χ4n) is 1.33. The van der Waals surface area contributed by atoms with Crippen LogP contribution in [-0.2, 0) is 0 Å². The van der Waals surface area contributed by atoms with Gasteiger partial charge in [-0.1, -0.05) is 19.4 Å². The second-order valence-electron chi connectivity index (χ2n) is 3.00. The first kappa shape index (κ1) is 8.19. The van der Waals surface area contributed by atoms with E-state index in [4.69, 9.17) is 0 Å². The van der Waals surface area contributed by atoms with E-state index in [2.05, 4.69) is 31.3 Å². The van der Waals surface area contributed by atoms with Crippen molar-refractivity contribution in [3.8, 4) is 0 Å². The van der Waals surface area contributed by atoms with Gasteiger partial charge >= 0.3 is 0 Å². The molecule has 2 unspecified atom stereocenters. The summed E-state index contributed by atoms with van der Waals surface area (Å²) >= 11 is 2.12. The molecule has 0 N–H and O–H groups in total. The molecule has 0 bridgehead atoms. The zero-order chi connectivity index (χ0) is 7.40. The third-order valence-electron chi connectivity index (χ3n) is 2.17. The quantitative estimate of drug-likeness (QED) is 0.554. The van der Waals surface area contributed by atoms with Crippen molar-refractivity contribution in [2.75, 3.05) is 5.75 Å². The van der Waals surface area contributed by atoms with Gasteiger partial charge in [-0.2, -0.15) is 11.8 Å². The molecule has 1 fully saturated rings. The van der Waals surface area contributed by atoms with E-state index < -0.39 is 0 Å². The van der Waals surface area contributed by atoms with E-state index in [9.17, 15) is 0 Å². The lowest BCUT2D eigenvalue weighted by Gasteiger charge is -2.24. The molecular formula is C9H16S. The van der Waals surface area contributed by atoms with Gasteiger partial charge < -0.3 is 0 Å². The molecule has 0 aliphatic carbocycles. The molecule has 1 heteroatoms. The summed E-state index contributed by atoms with van der Waals surface area (Å²) in [6.07, 6.45) is 6.34. The van der Waals surface area contributed by atoms with Gasteiger partial charge in [0.2, 0.25) is 0 Å². The fraction of sp³-hybridized carbons (Fsp3) is 0.778. The molecule has 2 atom stereocenters. The summed E-state index contributed by atoms with van der Waals surface area (Å²) in [5.74, 6) is 2.08. The lowest BCUT2D eigenvalue weighted by molar-refractivity contribution is 0.578. The van der Waals surface area contributed by atoms with Crippen LogP contribution >= 0.6 is 11.8 Å². The van der Waals surface area contributed by atoms with Crippen LogP contribution in [0.2, 0.25) is 0 Å². The molecule has 10 heavy (non-hydrogen) atoms. The predicted octanol–water partition coefficient (Wildman–Crippen LogP) is 3.09. The lowest BCUT2D eigenvalue weighted by Crippen LogP contribution is -2.16. The van der Waals surface area contributed by atoms with Crippen LogP contribution in [0.4, 0.5) is 0 Å². The maximum Gasteiger partial charge on any atom is 0.0107 e. The van der Waals surface area contributed by atoms with Crippen LogP contribution in [0.25, 0.3) is 0 Å². The minimum Gasteiger partial charge on any atom is -0.158 e. The van der Waals surface area contributed by atoms with Gasteiger partial charge in [0.25, 0.3) is 0 Å². The summed E-state index contributed by atoms with van der Waals surface area (Å²) in [5.41, 5.74) is 0. The standard InChI is InChI=1S/C9H16S/c1-3-8(2)9-6-4-5-7-10-9/h3,8-9H,1,4-7H2,2H3. The topological polar surface area (TPSA) is 0 Å². The smallest absolute Gasteiger partial charge is 0.0107 e. The first-order chi connectivity index (χ1) is 4.84. The molecule has 0 saturated carbocycles. The highest BCUT2D eigenvalue weighted by molar-refractivity contribution is 7.99. The van der Waals surface area contributed by atoms with Crippen LogP contribution in [-0.4, -0.2) is 11.0 Å². The van der Waals surface area contributed by atoms with Gasteiger partial charge in [0.15, 0.2) is 0 Å². The van der Waals surface area contributed by atoms with E-state index in [0.717, 1.165) is 5.25 Å². The Balaban J connectivity index is 2.30. The zero-order valence-electron chi connectivity index (χ0n) is 6.68. The Morgan fingerprint density at radius 2 is 2.40 bits per heavy atom. The first-order valence-corrected chi connectivity index (χ1v) is 5.13. The molecule has 1 aliphatic rings. The summed E-state index contributed by atoms with van der Waals surface area (Å²) in [6.45, 7) is 6.10. The minimum atomic E-state index is 0.713. The maximum absolute atomic E-state index is 3.82. The summed E-state index contributed by atoms with van der Waals surface area (Å²) < 4.78 is 0. The van der Waals surface area contributed by atoms with Crippen LogP contribution in [0.15, 0.2) is 12.7 Å². The molecule has 0 nitrogen and oxygen atoms in total. The van der Waals surface area contributed by atoms with Crippen LogP contribution < -0.4 is 0 Å². The Morgan fingerprint density at radius 3 is 2.90 bits per heavy atom. The molecule has 1 heterocycles. The fourth-order valence-corrected chi connectivity index (χ4v) is 2.75. The summed E-state index contributed by atoms with van der Waals surface area (Å²) in [4.78, 5) is 0. The van der Waals surface area contributed by atoms with Crippen molar-refractivity contribution >= 4 is 11.8 Å². The van der Waals surface area contributed by atoms with Gasteiger partial charge in [0, 0.05) is 5.25 Å². The predicted molar refractivity (Wildman–Crippen MR) is 49.5 cm³/mol. The van der Waals surface area contributed by atoms with E-state index in [1.807, 2.05) is 0 Å². The Morgan fingerprint density at radius 1 is 1.60 bits per heavy atom. The Bertz CT molecular complexity index is 103. The summed E-state index contributed by atoms with van der Waals surface area (Å²) in [7, 11) is 0. The number of allylic oxidation sites excluding steroid dienone is 1. The molecule has 1 rings (SSSR count). The summed E-state index contributed by atoms with van der Waals surface area (Å²) in [5, 5.41) is 0.867. The SMILES string of the molecule is C=CC(C)C1CCCCS1. The Hall–Kier alpha value is 0.0900. The highest BCUT2D eigenvalue weighted by Gasteiger charge is 2.17. The summed E-state index contributed by atoms with van der Waals surface area (Å²) in [6, 6.07) is 0. The van der Waals surface area contributed by atoms with E-state index in [0.29, 0.717) is 5.92 Å². The van der Waals surface area contributed by atoms with Crippen molar-refractivity contribution in [1.82, 2.24) is 0 Å². The third-order valence-corrected chi connectivity index (χ3v) is 3.79. The van der Waals surface area contributed by atoms with Crippen LogP contribution in [0.1, 0.15) is 26.2 Å². The largest absolute Gasteiger partial charge is 0.158 e. The third kappa shape index (κ3) is 2.05. The Kier molecular flexibility index (Phi) is 3.33. The first-order valence-electron chi connectivity index (χ1n) is 4.08. The van der Waals surface area contributed by atoms with Gasteiger partial charge in [-0.25, -0.2) is 0 Å². The highest BCUT2D eigenvalue weighted by atomic mass is 32.2. The van der Waals surface area contributed by atoms with Gasteiger partial charge in [-0.15, -0.1) is 6.58 Å². The van der Waals surface area contributed by atoms with Crippen molar-refractivity contribution in [2.24, 2.45) is 5.92 Å². The van der Waals surface area contributed by atoms with Crippen LogP contribution in [0, 0.1) is 5.92 Å². The van der Waals surface area contributed by atoms with Gasteiger partial charge in [-0.3, -0.25) is 0 Å². The molecule has 1 aliphatic heterocycles. The average Bonchev–Trinajstić information content (AvgIpc) is 2.05. The van der Waals surface area contributed by atoms with Gasteiger partial charge in [-0.05, 0) is 24.5 Å². The van der Waals surface area contributed by atoms with Crippen molar-refractivity contribution in [1.29, 1.82) is 0 Å². The molecule has 0 spiro atoms. The van der Waals surface area contributed by atoms with E-state index in [1.165, 1.54) is 25.0 Å². The highest BCUT2D eigenvalue weighted by Crippen LogP contribution is 2.30. The molecule has 0 aromatic rings. The molecule has 0 aromatic carbocycles. The maximum atomic E-state index is 3.82. The second kappa shape index (κ2) is 4.07. The molecule has 58 valence electrons. The van der Waals surface area contributed by atoms with Crippen molar-refractivity contribution in [3.05, 3.63) is 12.7 Å². The number of thioether (sulfide) groups is 1. The van der Waals surface area contributed by atoms with Gasteiger partial charge in [0.05, 0.1) is 0 Å². The lowest BCUT2D eigenvalue weighted by atomic mass is 10.0. The van der Waals surface area contributed by atoms with Crippen molar-refractivity contribution in [3.63, 3.8) is 0 Å². The normalized spacial score (nSPS) is 29.5. The van der Waals surface area contributed by atoms with Crippen molar-refractivity contribution < 1.29 is 0 Å². The number of rotatable bonds is 2.